The van der Waals surface area contributed by atoms with Crippen molar-refractivity contribution in [1.29, 1.82) is 0 Å². The second kappa shape index (κ2) is 6.10. The molecule has 0 amide bonds. The first-order valence-corrected chi connectivity index (χ1v) is 6.25. The SMILES string of the molecule is CCCNc1ncc(C)c(Cc2cccnc2)n1. The molecule has 0 spiro atoms. The zero-order valence-corrected chi connectivity index (χ0v) is 10.8. The van der Waals surface area contributed by atoms with E-state index < -0.39 is 0 Å². The highest BCUT2D eigenvalue weighted by Crippen LogP contribution is 2.12. The summed E-state index contributed by atoms with van der Waals surface area (Å²) in [4.78, 5) is 13.0. The van der Waals surface area contributed by atoms with Crippen LogP contribution in [0.2, 0.25) is 0 Å². The molecule has 94 valence electrons. The standard InChI is InChI=1S/C14H18N4/c1-3-6-16-14-17-9-11(2)13(18-14)8-12-5-4-7-15-10-12/h4-5,7,9-10H,3,6,8H2,1-2H3,(H,16,17,18). The molecule has 0 radical (unpaired) electrons. The number of hydrogen-bond donors (Lipinski definition) is 1. The lowest BCUT2D eigenvalue weighted by Crippen LogP contribution is -2.07. The number of anilines is 1. The van der Waals surface area contributed by atoms with Crippen LogP contribution in [0.1, 0.15) is 30.2 Å². The van der Waals surface area contributed by atoms with Gasteiger partial charge in [0, 0.05) is 31.6 Å². The summed E-state index contributed by atoms with van der Waals surface area (Å²) in [5.74, 6) is 0.710. The molecule has 4 nitrogen and oxygen atoms in total. The summed E-state index contributed by atoms with van der Waals surface area (Å²) in [5, 5.41) is 3.21. The summed E-state index contributed by atoms with van der Waals surface area (Å²) in [6.45, 7) is 5.06. The minimum atomic E-state index is 0.710. The first-order valence-electron chi connectivity index (χ1n) is 6.25. The van der Waals surface area contributed by atoms with Gasteiger partial charge in [-0.15, -0.1) is 0 Å². The van der Waals surface area contributed by atoms with Crippen LogP contribution >= 0.6 is 0 Å². The first-order chi connectivity index (χ1) is 8.79. The van der Waals surface area contributed by atoms with Crippen LogP contribution in [0.5, 0.6) is 0 Å². The van der Waals surface area contributed by atoms with Crippen molar-refractivity contribution >= 4 is 5.95 Å². The number of rotatable bonds is 5. The zero-order chi connectivity index (χ0) is 12.8. The Hall–Kier alpha value is -1.97. The molecule has 0 saturated heterocycles. The van der Waals surface area contributed by atoms with Crippen molar-refractivity contribution in [3.8, 4) is 0 Å². The minimum absolute atomic E-state index is 0.710. The van der Waals surface area contributed by atoms with Gasteiger partial charge < -0.3 is 5.32 Å². The van der Waals surface area contributed by atoms with E-state index in [1.54, 1.807) is 6.20 Å². The number of nitrogens with zero attached hydrogens (tertiary/aromatic N) is 3. The average Bonchev–Trinajstić information content (AvgIpc) is 2.41. The van der Waals surface area contributed by atoms with Crippen LogP contribution in [-0.2, 0) is 6.42 Å². The maximum atomic E-state index is 4.56. The number of aryl methyl sites for hydroxylation is 1. The fourth-order valence-electron chi connectivity index (χ4n) is 1.67. The topological polar surface area (TPSA) is 50.7 Å². The molecule has 4 heteroatoms. The van der Waals surface area contributed by atoms with Crippen LogP contribution in [0.25, 0.3) is 0 Å². The molecule has 0 atom stereocenters. The predicted molar refractivity (Wildman–Crippen MR) is 72.6 cm³/mol. The predicted octanol–water partition coefficient (Wildman–Crippen LogP) is 2.59. The molecule has 0 aromatic carbocycles. The highest BCUT2D eigenvalue weighted by atomic mass is 15.1. The molecule has 18 heavy (non-hydrogen) atoms. The summed E-state index contributed by atoms with van der Waals surface area (Å²) in [7, 11) is 0. The summed E-state index contributed by atoms with van der Waals surface area (Å²) in [5.41, 5.74) is 3.33. The van der Waals surface area contributed by atoms with Crippen LogP contribution < -0.4 is 5.32 Å². The summed E-state index contributed by atoms with van der Waals surface area (Å²) in [6, 6.07) is 4.01. The molecule has 0 unspecified atom stereocenters. The molecule has 2 rings (SSSR count). The first kappa shape index (κ1) is 12.5. The quantitative estimate of drug-likeness (QED) is 0.875. The van der Waals surface area contributed by atoms with Gasteiger partial charge in [-0.1, -0.05) is 13.0 Å². The lowest BCUT2D eigenvalue weighted by molar-refractivity contribution is 0.927. The van der Waals surface area contributed by atoms with Crippen LogP contribution in [0, 0.1) is 6.92 Å². The molecule has 2 heterocycles. The molecule has 1 N–H and O–H groups in total. The number of nitrogens with one attached hydrogen (secondary N) is 1. The van der Waals surface area contributed by atoms with Crippen molar-refractivity contribution in [2.24, 2.45) is 0 Å². The molecule has 0 saturated carbocycles. The third kappa shape index (κ3) is 3.26. The van der Waals surface area contributed by atoms with Gasteiger partial charge in [-0.25, -0.2) is 9.97 Å². The number of aromatic nitrogens is 3. The van der Waals surface area contributed by atoms with Gasteiger partial charge in [-0.3, -0.25) is 4.98 Å². The second-order valence-electron chi connectivity index (χ2n) is 4.29. The average molecular weight is 242 g/mol. The van der Waals surface area contributed by atoms with Crippen molar-refractivity contribution in [3.05, 3.63) is 47.5 Å². The van der Waals surface area contributed by atoms with Crippen LogP contribution in [-0.4, -0.2) is 21.5 Å². The molecule has 0 bridgehead atoms. The largest absolute Gasteiger partial charge is 0.354 e. The van der Waals surface area contributed by atoms with Crippen LogP contribution in [0.15, 0.2) is 30.7 Å². The zero-order valence-electron chi connectivity index (χ0n) is 10.8. The Labute approximate surface area is 108 Å². The van der Waals surface area contributed by atoms with Gasteiger partial charge in [0.15, 0.2) is 0 Å². The number of hydrogen-bond acceptors (Lipinski definition) is 4. The van der Waals surface area contributed by atoms with Gasteiger partial charge in [0.25, 0.3) is 0 Å². The van der Waals surface area contributed by atoms with Gasteiger partial charge >= 0.3 is 0 Å². The van der Waals surface area contributed by atoms with Gasteiger partial charge in [0.2, 0.25) is 5.95 Å². The lowest BCUT2D eigenvalue weighted by Gasteiger charge is -2.08. The highest BCUT2D eigenvalue weighted by molar-refractivity contribution is 5.31. The maximum Gasteiger partial charge on any atom is 0.222 e. The Bertz CT molecular complexity index is 496. The molecular formula is C14H18N4. The molecule has 0 aliphatic heterocycles. The van der Waals surface area contributed by atoms with Crippen molar-refractivity contribution in [2.75, 3.05) is 11.9 Å². The Morgan fingerprint density at radius 3 is 2.89 bits per heavy atom. The van der Waals surface area contributed by atoms with E-state index in [2.05, 4.69) is 33.3 Å². The van der Waals surface area contributed by atoms with E-state index in [1.165, 1.54) is 5.56 Å². The molecular weight excluding hydrogens is 224 g/mol. The molecule has 0 aliphatic carbocycles. The second-order valence-corrected chi connectivity index (χ2v) is 4.29. The van der Waals surface area contributed by atoms with Gasteiger partial charge in [0.1, 0.15) is 0 Å². The fraction of sp³-hybridized carbons (Fsp3) is 0.357. The molecule has 0 aliphatic rings. The maximum absolute atomic E-state index is 4.56. The third-order valence-electron chi connectivity index (χ3n) is 2.70. The molecule has 2 aromatic heterocycles. The summed E-state index contributed by atoms with van der Waals surface area (Å²) < 4.78 is 0. The van der Waals surface area contributed by atoms with E-state index in [-0.39, 0.29) is 0 Å². The van der Waals surface area contributed by atoms with E-state index in [4.69, 9.17) is 0 Å². The minimum Gasteiger partial charge on any atom is -0.354 e. The van der Waals surface area contributed by atoms with E-state index in [9.17, 15) is 0 Å². The third-order valence-corrected chi connectivity index (χ3v) is 2.70. The Morgan fingerprint density at radius 2 is 2.17 bits per heavy atom. The van der Waals surface area contributed by atoms with E-state index in [0.29, 0.717) is 5.95 Å². The van der Waals surface area contributed by atoms with Crippen molar-refractivity contribution in [2.45, 2.75) is 26.7 Å². The highest BCUT2D eigenvalue weighted by Gasteiger charge is 2.04. The van der Waals surface area contributed by atoms with Crippen molar-refractivity contribution in [3.63, 3.8) is 0 Å². The Kier molecular flexibility index (Phi) is 4.23. The monoisotopic (exact) mass is 242 g/mol. The fourth-order valence-corrected chi connectivity index (χ4v) is 1.67. The van der Waals surface area contributed by atoms with Crippen LogP contribution in [0.4, 0.5) is 5.95 Å². The summed E-state index contributed by atoms with van der Waals surface area (Å²) >= 11 is 0. The van der Waals surface area contributed by atoms with Crippen molar-refractivity contribution in [1.82, 2.24) is 15.0 Å². The van der Waals surface area contributed by atoms with Crippen molar-refractivity contribution < 1.29 is 0 Å². The van der Waals surface area contributed by atoms with Gasteiger partial charge in [0.05, 0.1) is 5.69 Å². The lowest BCUT2D eigenvalue weighted by atomic mass is 10.1. The van der Waals surface area contributed by atoms with Gasteiger partial charge in [-0.05, 0) is 30.5 Å². The van der Waals surface area contributed by atoms with Crippen LogP contribution in [0.3, 0.4) is 0 Å². The van der Waals surface area contributed by atoms with E-state index in [0.717, 1.165) is 30.6 Å². The number of pyridine rings is 1. The smallest absolute Gasteiger partial charge is 0.222 e. The molecule has 2 aromatic rings. The summed E-state index contributed by atoms with van der Waals surface area (Å²) in [6.07, 6.45) is 7.39. The molecule has 0 fully saturated rings. The Morgan fingerprint density at radius 1 is 1.28 bits per heavy atom. The normalized spacial score (nSPS) is 10.3. The Balaban J connectivity index is 2.16. The van der Waals surface area contributed by atoms with Gasteiger partial charge in [-0.2, -0.15) is 0 Å². The van der Waals surface area contributed by atoms with E-state index >= 15 is 0 Å². The van der Waals surface area contributed by atoms with E-state index in [1.807, 2.05) is 25.4 Å².